The second kappa shape index (κ2) is 6.72. The molecule has 0 atom stereocenters. The van der Waals surface area contributed by atoms with Crippen LogP contribution in [0, 0.1) is 11.2 Å². The summed E-state index contributed by atoms with van der Waals surface area (Å²) in [5.41, 5.74) is 0.696. The molecule has 0 unspecified atom stereocenters. The normalized spacial score (nSPS) is 11.6. The van der Waals surface area contributed by atoms with Gasteiger partial charge in [0.05, 0.1) is 3.70 Å². The standard InChI is InChI=1S/C13H17FIN3/c1-9(2)18(8-12(15)17-3)13(16)10-4-6-11(14)7-5-10/h4-9,16-17H,1-3H3/b12-8-,16-13?. The Morgan fingerprint density at radius 1 is 1.39 bits per heavy atom. The summed E-state index contributed by atoms with van der Waals surface area (Å²) >= 11 is 2.16. The third kappa shape index (κ3) is 3.97. The Hall–Kier alpha value is -1.11. The van der Waals surface area contributed by atoms with E-state index in [1.54, 1.807) is 12.1 Å². The number of halogens is 2. The molecule has 18 heavy (non-hydrogen) atoms. The van der Waals surface area contributed by atoms with Crippen LogP contribution in [0.4, 0.5) is 4.39 Å². The van der Waals surface area contributed by atoms with Gasteiger partial charge in [0.2, 0.25) is 0 Å². The van der Waals surface area contributed by atoms with Crippen molar-refractivity contribution in [2.45, 2.75) is 19.9 Å². The second-order valence-corrected chi connectivity index (χ2v) is 5.25. The van der Waals surface area contributed by atoms with Crippen LogP contribution in [0.5, 0.6) is 0 Å². The lowest BCUT2D eigenvalue weighted by molar-refractivity contribution is 0.454. The Morgan fingerprint density at radius 2 is 1.94 bits per heavy atom. The van der Waals surface area contributed by atoms with E-state index in [2.05, 4.69) is 27.9 Å². The van der Waals surface area contributed by atoms with E-state index in [0.29, 0.717) is 11.4 Å². The highest BCUT2D eigenvalue weighted by Crippen LogP contribution is 2.13. The van der Waals surface area contributed by atoms with Crippen molar-refractivity contribution in [1.29, 1.82) is 5.41 Å². The maximum atomic E-state index is 12.9. The Bertz CT molecular complexity index is 440. The van der Waals surface area contributed by atoms with Gasteiger partial charge in [0.1, 0.15) is 11.7 Å². The van der Waals surface area contributed by atoms with Gasteiger partial charge < -0.3 is 10.2 Å². The zero-order valence-electron chi connectivity index (χ0n) is 10.7. The Balaban J connectivity index is 3.00. The van der Waals surface area contributed by atoms with E-state index >= 15 is 0 Å². The first-order valence-corrected chi connectivity index (χ1v) is 6.71. The van der Waals surface area contributed by atoms with Crippen molar-refractivity contribution in [1.82, 2.24) is 10.2 Å². The van der Waals surface area contributed by atoms with Crippen molar-refractivity contribution in [3.8, 4) is 0 Å². The van der Waals surface area contributed by atoms with Gasteiger partial charge in [-0.2, -0.15) is 0 Å². The van der Waals surface area contributed by atoms with Crippen LogP contribution in [-0.4, -0.2) is 23.8 Å². The molecule has 0 radical (unpaired) electrons. The van der Waals surface area contributed by atoms with Crippen LogP contribution in [0.2, 0.25) is 0 Å². The molecule has 3 nitrogen and oxygen atoms in total. The summed E-state index contributed by atoms with van der Waals surface area (Å²) in [6.07, 6.45) is 1.87. The average molecular weight is 361 g/mol. The van der Waals surface area contributed by atoms with Gasteiger partial charge in [0, 0.05) is 24.9 Å². The summed E-state index contributed by atoms with van der Waals surface area (Å²) in [7, 11) is 1.83. The summed E-state index contributed by atoms with van der Waals surface area (Å²) in [6, 6.07) is 6.13. The summed E-state index contributed by atoms with van der Waals surface area (Å²) < 4.78 is 13.8. The number of amidine groups is 1. The lowest BCUT2D eigenvalue weighted by Gasteiger charge is -2.26. The Morgan fingerprint density at radius 3 is 2.39 bits per heavy atom. The predicted molar refractivity (Wildman–Crippen MR) is 81.4 cm³/mol. The van der Waals surface area contributed by atoms with Crippen molar-refractivity contribution in [3.05, 3.63) is 45.5 Å². The van der Waals surface area contributed by atoms with Crippen LogP contribution in [0.1, 0.15) is 19.4 Å². The summed E-state index contributed by atoms with van der Waals surface area (Å²) in [4.78, 5) is 1.84. The molecule has 0 saturated carbocycles. The van der Waals surface area contributed by atoms with E-state index in [-0.39, 0.29) is 11.9 Å². The minimum absolute atomic E-state index is 0.153. The third-order valence-corrected chi connectivity index (χ3v) is 3.24. The van der Waals surface area contributed by atoms with Crippen molar-refractivity contribution in [3.63, 3.8) is 0 Å². The van der Waals surface area contributed by atoms with Crippen molar-refractivity contribution >= 4 is 28.4 Å². The molecule has 98 valence electrons. The highest BCUT2D eigenvalue weighted by Gasteiger charge is 2.13. The van der Waals surface area contributed by atoms with Gasteiger partial charge in [-0.15, -0.1) is 0 Å². The molecule has 0 aliphatic rings. The summed E-state index contributed by atoms with van der Waals surface area (Å²) in [5, 5.41) is 11.2. The van der Waals surface area contributed by atoms with Crippen LogP contribution >= 0.6 is 22.6 Å². The van der Waals surface area contributed by atoms with Gasteiger partial charge in [0.15, 0.2) is 0 Å². The molecule has 1 aromatic carbocycles. The molecule has 0 aliphatic heterocycles. The molecule has 1 aromatic rings. The first kappa shape index (κ1) is 14.9. The monoisotopic (exact) mass is 361 g/mol. The average Bonchev–Trinajstić information content (AvgIpc) is 2.35. The number of benzene rings is 1. The highest BCUT2D eigenvalue weighted by molar-refractivity contribution is 14.1. The Kier molecular flexibility index (Phi) is 5.58. The van der Waals surface area contributed by atoms with Crippen molar-refractivity contribution < 1.29 is 4.39 Å². The number of nitrogens with one attached hydrogen (secondary N) is 2. The fourth-order valence-electron chi connectivity index (χ4n) is 1.42. The molecule has 0 saturated heterocycles. The largest absolute Gasteiger partial charge is 0.382 e. The first-order chi connectivity index (χ1) is 8.45. The maximum absolute atomic E-state index is 12.9. The summed E-state index contributed by atoms with van der Waals surface area (Å²) in [6.45, 7) is 4.02. The lowest BCUT2D eigenvalue weighted by atomic mass is 10.1. The molecule has 0 aromatic heterocycles. The molecule has 2 N–H and O–H groups in total. The van der Waals surface area contributed by atoms with Crippen LogP contribution in [0.25, 0.3) is 0 Å². The van der Waals surface area contributed by atoms with E-state index < -0.39 is 0 Å². The molecule has 5 heteroatoms. The van der Waals surface area contributed by atoms with E-state index in [4.69, 9.17) is 5.41 Å². The minimum atomic E-state index is -0.289. The quantitative estimate of drug-likeness (QED) is 0.374. The zero-order chi connectivity index (χ0) is 13.7. The molecule has 1 rings (SSSR count). The number of hydrogen-bond donors (Lipinski definition) is 2. The molecule has 0 bridgehead atoms. The van der Waals surface area contributed by atoms with E-state index in [9.17, 15) is 4.39 Å². The van der Waals surface area contributed by atoms with Gasteiger partial charge >= 0.3 is 0 Å². The lowest BCUT2D eigenvalue weighted by Crippen LogP contribution is -2.33. The van der Waals surface area contributed by atoms with Crippen LogP contribution in [-0.2, 0) is 0 Å². The zero-order valence-corrected chi connectivity index (χ0v) is 12.8. The van der Waals surface area contributed by atoms with Crippen molar-refractivity contribution in [2.75, 3.05) is 7.05 Å². The molecular formula is C13H17FIN3. The smallest absolute Gasteiger partial charge is 0.132 e. The number of nitrogens with zero attached hydrogens (tertiary/aromatic N) is 1. The van der Waals surface area contributed by atoms with Gasteiger partial charge in [-0.3, -0.25) is 5.41 Å². The predicted octanol–water partition coefficient (Wildman–Crippen LogP) is 3.31. The third-order valence-electron chi connectivity index (χ3n) is 2.42. The molecule has 0 spiro atoms. The topological polar surface area (TPSA) is 39.1 Å². The SMILES string of the molecule is CN/C(I)=C\N(C(=N)c1ccc(F)cc1)C(C)C. The van der Waals surface area contributed by atoms with Gasteiger partial charge in [-0.25, -0.2) is 4.39 Å². The maximum Gasteiger partial charge on any atom is 0.132 e. The van der Waals surface area contributed by atoms with Crippen LogP contribution in [0.3, 0.4) is 0 Å². The molecule has 0 heterocycles. The number of rotatable bonds is 4. The fraction of sp³-hybridized carbons (Fsp3) is 0.308. The molecular weight excluding hydrogens is 344 g/mol. The molecule has 0 aliphatic carbocycles. The molecule has 0 amide bonds. The van der Waals surface area contributed by atoms with E-state index in [1.165, 1.54) is 12.1 Å². The minimum Gasteiger partial charge on any atom is -0.382 e. The van der Waals surface area contributed by atoms with E-state index in [0.717, 1.165) is 3.70 Å². The first-order valence-electron chi connectivity index (χ1n) is 5.63. The van der Waals surface area contributed by atoms with Crippen LogP contribution < -0.4 is 5.32 Å². The summed E-state index contributed by atoms with van der Waals surface area (Å²) in [5.74, 6) is 0.0670. The number of hydrogen-bond acceptors (Lipinski definition) is 2. The van der Waals surface area contributed by atoms with Gasteiger partial charge in [0.25, 0.3) is 0 Å². The van der Waals surface area contributed by atoms with Gasteiger partial charge in [-0.05, 0) is 60.7 Å². The Labute approximate surface area is 121 Å². The van der Waals surface area contributed by atoms with E-state index in [1.807, 2.05) is 32.0 Å². The molecule has 0 fully saturated rings. The van der Waals surface area contributed by atoms with Gasteiger partial charge in [-0.1, -0.05) is 0 Å². The van der Waals surface area contributed by atoms with Crippen molar-refractivity contribution in [2.24, 2.45) is 0 Å². The fourth-order valence-corrected chi connectivity index (χ4v) is 1.72. The second-order valence-electron chi connectivity index (χ2n) is 4.08. The highest BCUT2D eigenvalue weighted by atomic mass is 127. The van der Waals surface area contributed by atoms with Crippen LogP contribution in [0.15, 0.2) is 34.2 Å².